The maximum atomic E-state index is 12.7. The Morgan fingerprint density at radius 3 is 2.47 bits per heavy atom. The summed E-state index contributed by atoms with van der Waals surface area (Å²) >= 11 is 0. The molecule has 0 aliphatic carbocycles. The van der Waals surface area contributed by atoms with E-state index in [9.17, 15) is 33.1 Å². The average Bonchev–Trinajstić information content (AvgIpc) is 3.06. The van der Waals surface area contributed by atoms with Gasteiger partial charge in [-0.3, -0.25) is 18.5 Å². The third-order valence-corrected chi connectivity index (χ3v) is 8.01. The first-order valence-corrected chi connectivity index (χ1v) is 13.5. The highest BCUT2D eigenvalue weighted by Crippen LogP contribution is 2.66. The van der Waals surface area contributed by atoms with Crippen molar-refractivity contribution >= 4 is 23.5 Å². The summed E-state index contributed by atoms with van der Waals surface area (Å²) in [7, 11) is -16.7. The second-order valence-electron chi connectivity index (χ2n) is 6.73. The van der Waals surface area contributed by atoms with Crippen LogP contribution in [0.2, 0.25) is 0 Å². The highest BCUT2D eigenvalue weighted by atomic mass is 31.3. The minimum Gasteiger partial charge on any atom is -0.352 e. The molecule has 1 aromatic heterocycles. The first kappa shape index (κ1) is 28.3. The molecule has 0 amide bonds. The molecule has 0 aromatic carbocycles. The molecule has 0 bridgehead atoms. The molecule has 34 heavy (non-hydrogen) atoms. The molecular weight excluding hydrogens is 527 g/mol. The number of hydrogen-bond acceptors (Lipinski definition) is 10. The zero-order chi connectivity index (χ0) is 25.9. The van der Waals surface area contributed by atoms with Crippen LogP contribution in [0.1, 0.15) is 18.2 Å². The molecule has 18 nitrogen and oxygen atoms in total. The Morgan fingerprint density at radius 2 is 1.91 bits per heavy atom. The van der Waals surface area contributed by atoms with E-state index in [2.05, 4.69) is 29.7 Å². The summed E-state index contributed by atoms with van der Waals surface area (Å²) in [5, 5.41) is 3.46. The van der Waals surface area contributed by atoms with E-state index in [4.69, 9.17) is 20.1 Å². The quantitative estimate of drug-likeness (QED) is 0.0984. The van der Waals surface area contributed by atoms with Crippen LogP contribution in [-0.4, -0.2) is 47.5 Å². The number of aryl methyl sites for hydroxylation is 1. The lowest BCUT2D eigenvalue weighted by Gasteiger charge is -2.20. The molecule has 1 aromatic rings. The molecule has 0 radical (unpaired) electrons. The third kappa shape index (κ3) is 7.55. The summed E-state index contributed by atoms with van der Waals surface area (Å²) in [5.74, 6) is 0. The lowest BCUT2D eigenvalue weighted by atomic mass is 10.1. The van der Waals surface area contributed by atoms with Gasteiger partial charge in [-0.05, 0) is 12.5 Å². The minimum atomic E-state index is -5.72. The van der Waals surface area contributed by atoms with E-state index in [0.29, 0.717) is 0 Å². The normalized spacial score (nSPS) is 24.1. The molecule has 4 N–H and O–H groups in total. The van der Waals surface area contributed by atoms with E-state index in [1.165, 1.54) is 19.2 Å². The molecule has 190 valence electrons. The van der Waals surface area contributed by atoms with Gasteiger partial charge >= 0.3 is 29.2 Å². The van der Waals surface area contributed by atoms with Crippen LogP contribution in [0.15, 0.2) is 33.6 Å². The molecular formula is C13H20N5O13P3. The molecule has 1 aliphatic rings. The number of allylic oxidation sites excluding steroid dienone is 1. The number of ether oxygens (including phenoxy) is 1. The van der Waals surface area contributed by atoms with Gasteiger partial charge < -0.3 is 24.3 Å². The van der Waals surface area contributed by atoms with Crippen molar-refractivity contribution in [1.29, 1.82) is 0 Å². The van der Waals surface area contributed by atoms with Crippen LogP contribution in [0.4, 0.5) is 0 Å². The average molecular weight is 547 g/mol. The van der Waals surface area contributed by atoms with E-state index in [1.54, 1.807) is 0 Å². The maximum absolute atomic E-state index is 12.7. The fourth-order valence-corrected chi connectivity index (χ4v) is 5.98. The fraction of sp³-hybridized carbons (Fsp3) is 0.538. The van der Waals surface area contributed by atoms with Gasteiger partial charge in [-0.1, -0.05) is 11.2 Å². The maximum Gasteiger partial charge on any atom is 0.490 e. The smallest absolute Gasteiger partial charge is 0.352 e. The number of rotatable bonds is 11. The van der Waals surface area contributed by atoms with Gasteiger partial charge in [-0.15, -0.1) is 6.58 Å². The van der Waals surface area contributed by atoms with Crippen molar-refractivity contribution in [3.05, 3.63) is 55.7 Å². The second-order valence-corrected chi connectivity index (χ2v) is 11.2. The predicted molar refractivity (Wildman–Crippen MR) is 111 cm³/mol. The van der Waals surface area contributed by atoms with Gasteiger partial charge in [0.25, 0.3) is 5.56 Å². The fourth-order valence-electron chi connectivity index (χ4n) is 2.95. The molecule has 21 heteroatoms. The Labute approximate surface area is 190 Å². The van der Waals surface area contributed by atoms with Gasteiger partial charge in [0.15, 0.2) is 0 Å². The van der Waals surface area contributed by atoms with Crippen molar-refractivity contribution in [3.8, 4) is 0 Å². The SMILES string of the molecule is C=CCn1c(=O)c(C)cn([C@H]2C[C@H](N=[N+]=[N-])[C@@H](COP(=O)(O)OP(=O)(O)OP(=O)(O)O)O2)c1=O. The molecule has 5 atom stereocenters. The Balaban J connectivity index is 2.23. The van der Waals surface area contributed by atoms with Crippen molar-refractivity contribution in [2.75, 3.05) is 6.61 Å². The highest BCUT2D eigenvalue weighted by molar-refractivity contribution is 7.66. The Kier molecular flexibility index (Phi) is 8.99. The number of aromatic nitrogens is 2. The molecule has 2 rings (SSSR count). The van der Waals surface area contributed by atoms with Gasteiger partial charge in [0.2, 0.25) is 0 Å². The van der Waals surface area contributed by atoms with Crippen LogP contribution in [0, 0.1) is 6.92 Å². The molecule has 1 fully saturated rings. The Morgan fingerprint density at radius 1 is 1.26 bits per heavy atom. The molecule has 1 saturated heterocycles. The summed E-state index contributed by atoms with van der Waals surface area (Å²) in [6.45, 7) is 3.94. The van der Waals surface area contributed by atoms with Crippen molar-refractivity contribution in [2.45, 2.75) is 38.3 Å². The minimum absolute atomic E-state index is 0.0959. The lowest BCUT2D eigenvalue weighted by molar-refractivity contribution is -0.0273. The largest absolute Gasteiger partial charge is 0.490 e. The Hall–Kier alpha value is -1.90. The first-order valence-electron chi connectivity index (χ1n) is 9.00. The summed E-state index contributed by atoms with van der Waals surface area (Å²) in [5.41, 5.74) is 7.64. The third-order valence-electron chi connectivity index (χ3n) is 4.21. The number of phosphoric acid groups is 3. The molecule has 0 spiro atoms. The van der Waals surface area contributed by atoms with Gasteiger partial charge in [0, 0.05) is 29.6 Å². The summed E-state index contributed by atoms with van der Waals surface area (Å²) in [6.07, 6.45) is 0.0362. The Bertz CT molecular complexity index is 1250. The molecule has 2 heterocycles. The zero-order valence-corrected chi connectivity index (χ0v) is 19.9. The van der Waals surface area contributed by atoms with Crippen LogP contribution in [0.25, 0.3) is 10.4 Å². The van der Waals surface area contributed by atoms with E-state index in [-0.39, 0.29) is 18.5 Å². The number of nitrogens with zero attached hydrogens (tertiary/aromatic N) is 5. The standard InChI is InChI=1S/C13H20N5O13P3/c1-3-4-17-12(19)8(2)6-18(13(17)20)11-5-9(15-16-14)10(29-11)7-28-33(24,25)31-34(26,27)30-32(21,22)23/h3,6,9-11H,1,4-5,7H2,2H3,(H,24,25)(H,26,27)(H2,21,22,23)/t9-,10+,11+/m0/s1. The van der Waals surface area contributed by atoms with Crippen molar-refractivity contribution < 1.29 is 51.2 Å². The van der Waals surface area contributed by atoms with Gasteiger partial charge in [-0.25, -0.2) is 18.5 Å². The van der Waals surface area contributed by atoms with E-state index in [1.807, 2.05) is 0 Å². The summed E-state index contributed by atoms with van der Waals surface area (Å²) < 4.78 is 53.3. The van der Waals surface area contributed by atoms with Crippen molar-refractivity contribution in [1.82, 2.24) is 9.13 Å². The molecule has 2 unspecified atom stereocenters. The van der Waals surface area contributed by atoms with Crippen LogP contribution in [0.3, 0.4) is 0 Å². The topological polar surface area (TPSA) is 262 Å². The summed E-state index contributed by atoms with van der Waals surface area (Å²) in [4.78, 5) is 63.4. The van der Waals surface area contributed by atoms with Crippen molar-refractivity contribution in [2.24, 2.45) is 5.11 Å². The van der Waals surface area contributed by atoms with Crippen molar-refractivity contribution in [3.63, 3.8) is 0 Å². The van der Waals surface area contributed by atoms with E-state index >= 15 is 0 Å². The lowest BCUT2D eigenvalue weighted by Crippen LogP contribution is -2.41. The molecule has 1 aliphatic heterocycles. The van der Waals surface area contributed by atoms with Crippen LogP contribution >= 0.6 is 23.5 Å². The number of phosphoric ester groups is 1. The van der Waals surface area contributed by atoms with E-state index < -0.39 is 59.7 Å². The second kappa shape index (κ2) is 10.8. The monoisotopic (exact) mass is 547 g/mol. The molecule has 0 saturated carbocycles. The summed E-state index contributed by atoms with van der Waals surface area (Å²) in [6, 6.07) is -1.06. The predicted octanol–water partition coefficient (Wildman–Crippen LogP) is 0.814. The van der Waals surface area contributed by atoms with E-state index in [0.717, 1.165) is 9.13 Å². The van der Waals surface area contributed by atoms with Gasteiger partial charge in [0.05, 0.1) is 18.8 Å². The van der Waals surface area contributed by atoms with Crippen LogP contribution in [0.5, 0.6) is 0 Å². The number of azide groups is 1. The van der Waals surface area contributed by atoms with Gasteiger partial charge in [-0.2, -0.15) is 8.62 Å². The number of hydrogen-bond donors (Lipinski definition) is 4. The van der Waals surface area contributed by atoms with Gasteiger partial charge in [0.1, 0.15) is 6.23 Å². The van der Waals surface area contributed by atoms with Crippen LogP contribution in [-0.2, 0) is 38.1 Å². The highest BCUT2D eigenvalue weighted by Gasteiger charge is 2.43. The first-order chi connectivity index (χ1) is 15.6. The zero-order valence-electron chi connectivity index (χ0n) is 17.3. The van der Waals surface area contributed by atoms with Crippen LogP contribution < -0.4 is 11.2 Å².